The van der Waals surface area contributed by atoms with E-state index in [-0.39, 0.29) is 21.1 Å². The van der Waals surface area contributed by atoms with Crippen molar-refractivity contribution in [2.45, 2.75) is 0 Å². The van der Waals surface area contributed by atoms with Gasteiger partial charge in [0.2, 0.25) is 0 Å². The van der Waals surface area contributed by atoms with Gasteiger partial charge in [-0.05, 0) is 11.8 Å². The first-order valence-electron chi connectivity index (χ1n) is 3.83. The van der Waals surface area contributed by atoms with Crippen LogP contribution in [0.25, 0.3) is 5.69 Å². The van der Waals surface area contributed by atoms with Gasteiger partial charge in [-0.2, -0.15) is 34.6 Å². The summed E-state index contributed by atoms with van der Waals surface area (Å²) < 4.78 is 1.56. The van der Waals surface area contributed by atoms with Crippen LogP contribution in [0.1, 0.15) is 5.69 Å². The summed E-state index contributed by atoms with van der Waals surface area (Å²) in [5.41, 5.74) is 1.30. The molecule has 0 atom stereocenters. The predicted octanol–water partition coefficient (Wildman–Crippen LogP) is 1.54. The molecule has 0 N–H and O–H groups in total. The smallest absolute Gasteiger partial charge is 0.141 e. The molecule has 2 rings (SSSR count). The van der Waals surface area contributed by atoms with Crippen molar-refractivity contribution in [3.63, 3.8) is 0 Å². The number of benzene rings is 1. The van der Waals surface area contributed by atoms with Crippen LogP contribution in [-0.4, -0.2) is 9.78 Å². The van der Waals surface area contributed by atoms with Crippen molar-refractivity contribution in [1.29, 1.82) is 5.26 Å². The van der Waals surface area contributed by atoms with E-state index in [1.165, 1.54) is 0 Å². The van der Waals surface area contributed by atoms with Crippen molar-refractivity contribution in [2.24, 2.45) is 0 Å². The van der Waals surface area contributed by atoms with E-state index >= 15 is 0 Å². The fourth-order valence-corrected chi connectivity index (χ4v) is 1.10. The summed E-state index contributed by atoms with van der Waals surface area (Å²) in [5.74, 6) is 0. The monoisotopic (exact) mass is 363 g/mol. The Morgan fingerprint density at radius 2 is 2.21 bits per heavy atom. The van der Waals surface area contributed by atoms with Crippen LogP contribution in [0.4, 0.5) is 0 Å². The largest absolute Gasteiger partial charge is 0.248 e. The molecule has 1 aromatic carbocycles. The number of para-hydroxylation sites is 1. The molecule has 0 bridgehead atoms. The summed E-state index contributed by atoms with van der Waals surface area (Å²) in [6.45, 7) is 0. The van der Waals surface area contributed by atoms with E-state index in [4.69, 9.17) is 5.26 Å². The maximum atomic E-state index is 8.74. The van der Waals surface area contributed by atoms with Gasteiger partial charge in [0.15, 0.2) is 0 Å². The molecule has 0 radical (unpaired) electrons. The second kappa shape index (κ2) is 4.74. The number of aromatic nitrogens is 2. The first kappa shape index (κ1) is 10.7. The second-order valence-electron chi connectivity index (χ2n) is 2.49. The van der Waals surface area contributed by atoms with E-state index < -0.39 is 0 Å². The molecule has 4 heteroatoms. The molecule has 0 fully saturated rings. The zero-order valence-corrected chi connectivity index (χ0v) is 9.39. The van der Waals surface area contributed by atoms with Crippen LogP contribution < -0.4 is 0 Å². The van der Waals surface area contributed by atoms with E-state index in [9.17, 15) is 0 Å². The van der Waals surface area contributed by atoms with Crippen LogP contribution in [0.15, 0.2) is 36.5 Å². The molecule has 0 saturated heterocycles. The predicted molar refractivity (Wildman–Crippen MR) is 47.1 cm³/mol. The molecule has 0 aliphatic rings. The molecule has 0 saturated carbocycles. The number of nitrogens with zero attached hydrogens (tertiary/aromatic N) is 3. The summed E-state index contributed by atoms with van der Waals surface area (Å²) in [6.07, 6.45) is 1.60. The van der Waals surface area contributed by atoms with Gasteiger partial charge in [-0.1, -0.05) is 0 Å². The molecule has 14 heavy (non-hydrogen) atoms. The summed E-state index contributed by atoms with van der Waals surface area (Å²) in [4.78, 5) is 0. The first-order valence-corrected chi connectivity index (χ1v) is 3.83. The fourth-order valence-electron chi connectivity index (χ4n) is 1.10. The minimum absolute atomic E-state index is 0. The molecule has 2 aromatic rings. The maximum absolute atomic E-state index is 8.74. The van der Waals surface area contributed by atoms with Crippen LogP contribution in [0.3, 0.4) is 0 Å². The van der Waals surface area contributed by atoms with Gasteiger partial charge in [-0.15, -0.1) is 6.07 Å². The molecule has 0 unspecified atom stereocenters. The number of rotatable bonds is 1. The Kier molecular flexibility index (Phi) is 3.62. The second-order valence-corrected chi connectivity index (χ2v) is 2.49. The van der Waals surface area contributed by atoms with Crippen molar-refractivity contribution < 1.29 is 21.1 Å². The zero-order valence-electron chi connectivity index (χ0n) is 7.12. The molecule has 72 valence electrons. The van der Waals surface area contributed by atoms with Gasteiger partial charge in [0, 0.05) is 21.1 Å². The summed E-state index contributed by atoms with van der Waals surface area (Å²) in [6, 6.07) is 14.1. The molecule has 0 aliphatic carbocycles. The summed E-state index contributed by atoms with van der Waals surface area (Å²) >= 11 is 0. The Morgan fingerprint density at radius 3 is 2.86 bits per heavy atom. The SMILES string of the molecule is N#Cc1ccnn1-c1[c-]cccc1.[Pt]. The minimum Gasteiger partial charge on any atom is -0.248 e. The molecule has 1 aromatic heterocycles. The molecule has 0 amide bonds. The molecule has 0 spiro atoms. The van der Waals surface area contributed by atoms with Crippen molar-refractivity contribution in [1.82, 2.24) is 9.78 Å². The zero-order chi connectivity index (χ0) is 9.10. The average molecular weight is 363 g/mol. The van der Waals surface area contributed by atoms with Gasteiger partial charge in [0.05, 0.1) is 6.20 Å². The van der Waals surface area contributed by atoms with Gasteiger partial charge >= 0.3 is 0 Å². The Bertz CT molecular complexity index is 442. The molecule has 3 nitrogen and oxygen atoms in total. The molecule has 1 heterocycles. The standard InChI is InChI=1S/C10H6N3.Pt/c11-8-10-6-7-12-13(10)9-4-2-1-3-5-9;/h1-4,6-7H;/q-1;. The van der Waals surface area contributed by atoms with Crippen molar-refractivity contribution >= 4 is 0 Å². The summed E-state index contributed by atoms with van der Waals surface area (Å²) in [5, 5.41) is 12.8. The first-order chi connectivity index (χ1) is 6.42. The van der Waals surface area contributed by atoms with Crippen molar-refractivity contribution in [3.8, 4) is 11.8 Å². The van der Waals surface area contributed by atoms with E-state index in [2.05, 4.69) is 17.2 Å². The van der Waals surface area contributed by atoms with Crippen LogP contribution in [0.2, 0.25) is 0 Å². The topological polar surface area (TPSA) is 41.6 Å². The van der Waals surface area contributed by atoms with Gasteiger partial charge in [0.1, 0.15) is 11.8 Å². The van der Waals surface area contributed by atoms with Crippen LogP contribution in [0.5, 0.6) is 0 Å². The van der Waals surface area contributed by atoms with Gasteiger partial charge in [0.25, 0.3) is 0 Å². The Balaban J connectivity index is 0.000000980. The Morgan fingerprint density at radius 1 is 1.36 bits per heavy atom. The molecular weight excluding hydrogens is 357 g/mol. The number of hydrogen-bond donors (Lipinski definition) is 0. The molecular formula is C10H6N3Pt-. The van der Waals surface area contributed by atoms with E-state index in [0.717, 1.165) is 5.69 Å². The summed E-state index contributed by atoms with van der Waals surface area (Å²) in [7, 11) is 0. The van der Waals surface area contributed by atoms with Gasteiger partial charge < -0.3 is 0 Å². The van der Waals surface area contributed by atoms with E-state index in [1.54, 1.807) is 23.0 Å². The third kappa shape index (κ3) is 1.92. The van der Waals surface area contributed by atoms with E-state index in [1.807, 2.05) is 18.2 Å². The van der Waals surface area contributed by atoms with E-state index in [0.29, 0.717) is 5.69 Å². The van der Waals surface area contributed by atoms with Gasteiger partial charge in [-0.25, -0.2) is 4.68 Å². The van der Waals surface area contributed by atoms with Crippen LogP contribution >= 0.6 is 0 Å². The maximum Gasteiger partial charge on any atom is 0.141 e. The van der Waals surface area contributed by atoms with Crippen LogP contribution in [0, 0.1) is 17.4 Å². The fraction of sp³-hybridized carbons (Fsp3) is 0. The van der Waals surface area contributed by atoms with Crippen LogP contribution in [-0.2, 0) is 21.1 Å². The normalized spacial score (nSPS) is 8.79. The minimum atomic E-state index is 0. The van der Waals surface area contributed by atoms with Crippen molar-refractivity contribution in [2.75, 3.05) is 0 Å². The van der Waals surface area contributed by atoms with Gasteiger partial charge in [-0.3, -0.25) is 0 Å². The van der Waals surface area contributed by atoms with Crippen molar-refractivity contribution in [3.05, 3.63) is 48.3 Å². The average Bonchev–Trinajstić information content (AvgIpc) is 2.67. The third-order valence-electron chi connectivity index (χ3n) is 1.68. The number of nitriles is 1. The Labute approximate surface area is 96.2 Å². The Hall–Kier alpha value is -1.39. The molecule has 0 aliphatic heterocycles. The quantitative estimate of drug-likeness (QED) is 0.722. The third-order valence-corrected chi connectivity index (χ3v) is 1.68. The number of hydrogen-bond acceptors (Lipinski definition) is 2.